The second-order valence-electron chi connectivity index (χ2n) is 8.08. The highest BCUT2D eigenvalue weighted by Crippen LogP contribution is 2.41. The first-order chi connectivity index (χ1) is 13.5. The third-order valence-electron chi connectivity index (χ3n) is 4.75. The standard InChI is InChI=1S/C22H23F3O4/c1-11-15(13-7-8-14-12(10-13)6-5-9-28-14)16(18(24)19(25)17(11)23)20(21(26)27)29-22(2,3)4/h7-8,10,20H,5-6,9H2,1-4H3,(H,26,27). The van der Waals surface area contributed by atoms with Crippen LogP contribution in [-0.4, -0.2) is 23.3 Å². The van der Waals surface area contributed by atoms with Gasteiger partial charge in [-0.15, -0.1) is 0 Å². The number of benzene rings is 2. The lowest BCUT2D eigenvalue weighted by Gasteiger charge is -2.28. The Kier molecular flexibility index (Phi) is 5.63. The molecule has 1 aliphatic heterocycles. The van der Waals surface area contributed by atoms with Crippen LogP contribution in [-0.2, 0) is 16.0 Å². The molecule has 0 spiro atoms. The minimum absolute atomic E-state index is 0.0218. The van der Waals surface area contributed by atoms with Gasteiger partial charge in [0.25, 0.3) is 0 Å². The number of fused-ring (bicyclic) bond motifs is 1. The molecule has 4 nitrogen and oxygen atoms in total. The quantitative estimate of drug-likeness (QED) is 0.694. The van der Waals surface area contributed by atoms with Gasteiger partial charge in [0.15, 0.2) is 23.6 Å². The Morgan fingerprint density at radius 1 is 1.17 bits per heavy atom. The average Bonchev–Trinajstić information content (AvgIpc) is 2.66. The summed E-state index contributed by atoms with van der Waals surface area (Å²) >= 11 is 0. The molecule has 29 heavy (non-hydrogen) atoms. The molecule has 2 aromatic carbocycles. The minimum Gasteiger partial charge on any atom is -0.493 e. The number of carboxylic acid groups (broad SMARTS) is 1. The van der Waals surface area contributed by atoms with Gasteiger partial charge in [-0.25, -0.2) is 18.0 Å². The number of rotatable bonds is 4. The van der Waals surface area contributed by atoms with Gasteiger partial charge in [0.05, 0.1) is 12.2 Å². The molecular weight excluding hydrogens is 385 g/mol. The molecule has 156 valence electrons. The van der Waals surface area contributed by atoms with Crippen LogP contribution in [0, 0.1) is 24.4 Å². The number of carbonyl (C=O) groups is 1. The fourth-order valence-corrected chi connectivity index (χ4v) is 3.52. The lowest BCUT2D eigenvalue weighted by molar-refractivity contribution is -0.161. The van der Waals surface area contributed by atoms with Crippen LogP contribution in [0.2, 0.25) is 0 Å². The van der Waals surface area contributed by atoms with Gasteiger partial charge in [-0.2, -0.15) is 0 Å². The Balaban J connectivity index is 2.30. The Bertz CT molecular complexity index is 964. The van der Waals surface area contributed by atoms with E-state index in [9.17, 15) is 23.1 Å². The average molecular weight is 408 g/mol. The SMILES string of the molecule is Cc1c(F)c(F)c(F)c(C(OC(C)(C)C)C(=O)O)c1-c1ccc2c(c1)CCCO2. The van der Waals surface area contributed by atoms with Crippen LogP contribution in [0.4, 0.5) is 13.2 Å². The van der Waals surface area contributed by atoms with Gasteiger partial charge in [0, 0.05) is 5.56 Å². The largest absolute Gasteiger partial charge is 0.493 e. The summed E-state index contributed by atoms with van der Waals surface area (Å²) in [7, 11) is 0. The van der Waals surface area contributed by atoms with Crippen molar-refractivity contribution in [3.8, 4) is 16.9 Å². The third-order valence-corrected chi connectivity index (χ3v) is 4.75. The maximum atomic E-state index is 14.9. The van der Waals surface area contributed by atoms with E-state index in [0.717, 1.165) is 12.0 Å². The van der Waals surface area contributed by atoms with Crippen molar-refractivity contribution in [1.82, 2.24) is 0 Å². The first-order valence-electron chi connectivity index (χ1n) is 9.35. The van der Waals surface area contributed by atoms with Crippen molar-refractivity contribution in [1.29, 1.82) is 0 Å². The van der Waals surface area contributed by atoms with Gasteiger partial charge in [-0.3, -0.25) is 0 Å². The number of aryl methyl sites for hydroxylation is 1. The van der Waals surface area contributed by atoms with E-state index in [-0.39, 0.29) is 11.1 Å². The van der Waals surface area contributed by atoms with Crippen molar-refractivity contribution in [2.24, 2.45) is 0 Å². The maximum absolute atomic E-state index is 14.9. The molecule has 0 amide bonds. The molecule has 1 aliphatic rings. The number of hydrogen-bond acceptors (Lipinski definition) is 3. The number of carboxylic acids is 1. The van der Waals surface area contributed by atoms with Crippen molar-refractivity contribution >= 4 is 5.97 Å². The smallest absolute Gasteiger partial charge is 0.337 e. The molecule has 1 unspecified atom stereocenters. The molecule has 1 heterocycles. The van der Waals surface area contributed by atoms with E-state index < -0.39 is 40.7 Å². The summed E-state index contributed by atoms with van der Waals surface area (Å²) in [5.41, 5.74) is -0.475. The predicted molar refractivity (Wildman–Crippen MR) is 102 cm³/mol. The first-order valence-corrected chi connectivity index (χ1v) is 9.35. The van der Waals surface area contributed by atoms with E-state index in [1.807, 2.05) is 0 Å². The summed E-state index contributed by atoms with van der Waals surface area (Å²) in [5.74, 6) is -5.45. The van der Waals surface area contributed by atoms with E-state index in [4.69, 9.17) is 9.47 Å². The third kappa shape index (κ3) is 4.10. The van der Waals surface area contributed by atoms with Crippen molar-refractivity contribution in [3.05, 3.63) is 52.3 Å². The maximum Gasteiger partial charge on any atom is 0.337 e. The Hall–Kier alpha value is -2.54. The van der Waals surface area contributed by atoms with Crippen LogP contribution in [0.15, 0.2) is 18.2 Å². The molecule has 0 aromatic heterocycles. The second kappa shape index (κ2) is 7.71. The van der Waals surface area contributed by atoms with E-state index in [1.165, 1.54) is 6.92 Å². The second-order valence-corrected chi connectivity index (χ2v) is 8.08. The molecule has 0 aliphatic carbocycles. The summed E-state index contributed by atoms with van der Waals surface area (Å²) in [6.45, 7) is 6.68. The fourth-order valence-electron chi connectivity index (χ4n) is 3.52. The minimum atomic E-state index is -1.81. The normalized spacial score (nSPS) is 14.9. The van der Waals surface area contributed by atoms with Crippen LogP contribution < -0.4 is 4.74 Å². The molecule has 1 N–H and O–H groups in total. The first kappa shape index (κ1) is 21.2. The van der Waals surface area contributed by atoms with Crippen LogP contribution in [0.1, 0.15) is 50.0 Å². The van der Waals surface area contributed by atoms with Crippen LogP contribution in [0.3, 0.4) is 0 Å². The Labute approximate surface area is 167 Å². The zero-order valence-electron chi connectivity index (χ0n) is 16.7. The van der Waals surface area contributed by atoms with Crippen molar-refractivity contribution < 1.29 is 32.5 Å². The number of halogens is 3. The van der Waals surface area contributed by atoms with Gasteiger partial charge in [-0.05, 0) is 74.9 Å². The highest BCUT2D eigenvalue weighted by atomic mass is 19.2. The van der Waals surface area contributed by atoms with Crippen molar-refractivity contribution in [2.45, 2.75) is 52.2 Å². The number of hydrogen-bond donors (Lipinski definition) is 1. The lowest BCUT2D eigenvalue weighted by Crippen LogP contribution is -2.29. The molecule has 3 rings (SSSR count). The molecule has 1 atom stereocenters. The summed E-state index contributed by atoms with van der Waals surface area (Å²) in [6, 6.07) is 4.96. The molecular formula is C22H23F3O4. The van der Waals surface area contributed by atoms with E-state index in [1.54, 1.807) is 39.0 Å². The van der Waals surface area contributed by atoms with Crippen LogP contribution in [0.25, 0.3) is 11.1 Å². The van der Waals surface area contributed by atoms with Gasteiger partial charge in [-0.1, -0.05) is 6.07 Å². The lowest BCUT2D eigenvalue weighted by atomic mass is 9.89. The van der Waals surface area contributed by atoms with E-state index in [2.05, 4.69) is 0 Å². The molecule has 0 fully saturated rings. The summed E-state index contributed by atoms with van der Waals surface area (Å²) in [6.07, 6.45) is -0.310. The monoisotopic (exact) mass is 408 g/mol. The van der Waals surface area contributed by atoms with Gasteiger partial charge < -0.3 is 14.6 Å². The van der Waals surface area contributed by atoms with Gasteiger partial charge in [0.1, 0.15) is 5.75 Å². The topological polar surface area (TPSA) is 55.8 Å². The highest BCUT2D eigenvalue weighted by Gasteiger charge is 2.36. The molecule has 2 aromatic rings. The van der Waals surface area contributed by atoms with E-state index >= 15 is 0 Å². The summed E-state index contributed by atoms with van der Waals surface area (Å²) in [4.78, 5) is 11.9. The van der Waals surface area contributed by atoms with Crippen LogP contribution in [0.5, 0.6) is 5.75 Å². The molecule has 0 saturated heterocycles. The molecule has 0 saturated carbocycles. The fraction of sp³-hybridized carbons (Fsp3) is 0.409. The zero-order chi connectivity index (χ0) is 21.5. The molecule has 7 heteroatoms. The number of ether oxygens (including phenoxy) is 2. The molecule has 0 radical (unpaired) electrons. The zero-order valence-corrected chi connectivity index (χ0v) is 16.7. The Morgan fingerprint density at radius 2 is 1.86 bits per heavy atom. The highest BCUT2D eigenvalue weighted by molar-refractivity contribution is 5.82. The number of aliphatic carboxylic acids is 1. The van der Waals surface area contributed by atoms with Crippen molar-refractivity contribution in [3.63, 3.8) is 0 Å². The summed E-state index contributed by atoms with van der Waals surface area (Å²) < 4.78 is 54.7. The summed E-state index contributed by atoms with van der Waals surface area (Å²) in [5, 5.41) is 9.70. The molecule has 0 bridgehead atoms. The predicted octanol–water partition coefficient (Wildman–Crippen LogP) is 5.35. The van der Waals surface area contributed by atoms with Gasteiger partial charge >= 0.3 is 5.97 Å². The van der Waals surface area contributed by atoms with E-state index in [0.29, 0.717) is 24.3 Å². The Morgan fingerprint density at radius 3 is 2.48 bits per heavy atom. The van der Waals surface area contributed by atoms with Crippen LogP contribution >= 0.6 is 0 Å². The van der Waals surface area contributed by atoms with Crippen molar-refractivity contribution in [2.75, 3.05) is 6.61 Å². The van der Waals surface area contributed by atoms with Gasteiger partial charge in [0.2, 0.25) is 0 Å².